The molecule has 0 bridgehead atoms. The van der Waals surface area contributed by atoms with Gasteiger partial charge in [0.15, 0.2) is 0 Å². The largest absolute Gasteiger partial charge is 0.476 e. The molecule has 0 radical (unpaired) electrons. The van der Waals surface area contributed by atoms with Gasteiger partial charge in [0.1, 0.15) is 5.03 Å². The minimum Gasteiger partial charge on any atom is -0.476 e. The van der Waals surface area contributed by atoms with E-state index in [0.29, 0.717) is 18.2 Å². The summed E-state index contributed by atoms with van der Waals surface area (Å²) in [5.41, 5.74) is 6.34. The molecule has 1 heterocycles. The van der Waals surface area contributed by atoms with Gasteiger partial charge < -0.3 is 10.5 Å². The quantitative estimate of drug-likeness (QED) is 0.805. The fraction of sp³-hybridized carbons (Fsp3) is 0.545. The minimum absolute atomic E-state index is 0.145. The number of rotatable bonds is 3. The highest BCUT2D eigenvalue weighted by Gasteiger charge is 2.14. The molecular weight excluding hydrogens is 208 g/mol. The van der Waals surface area contributed by atoms with Crippen LogP contribution in [0.5, 0.6) is 5.88 Å². The number of nitrogens with zero attached hydrogens (tertiary/aromatic N) is 1. The van der Waals surface area contributed by atoms with Crippen LogP contribution in [0.2, 0.25) is 0 Å². The number of hydrogen-bond acceptors (Lipinski definition) is 4. The first-order valence-corrected chi connectivity index (χ1v) is 5.82. The van der Waals surface area contributed by atoms with Crippen LogP contribution >= 0.6 is 11.8 Å². The van der Waals surface area contributed by atoms with Gasteiger partial charge in [0.25, 0.3) is 0 Å². The van der Waals surface area contributed by atoms with Gasteiger partial charge in [-0.2, -0.15) is 0 Å². The van der Waals surface area contributed by atoms with Crippen LogP contribution in [-0.4, -0.2) is 16.3 Å². The molecule has 0 atom stereocenters. The van der Waals surface area contributed by atoms with Crippen LogP contribution in [-0.2, 0) is 0 Å². The zero-order valence-electron chi connectivity index (χ0n) is 9.70. The lowest BCUT2D eigenvalue weighted by Gasteiger charge is -2.17. The topological polar surface area (TPSA) is 48.1 Å². The van der Waals surface area contributed by atoms with Crippen LogP contribution < -0.4 is 10.5 Å². The number of nitrogens with two attached hydrogens (primary N) is 1. The lowest BCUT2D eigenvalue weighted by atomic mass is 10.3. The van der Waals surface area contributed by atoms with E-state index in [1.807, 2.05) is 19.1 Å². The third kappa shape index (κ3) is 4.00. The maximum absolute atomic E-state index is 5.74. The van der Waals surface area contributed by atoms with E-state index in [1.54, 1.807) is 11.8 Å². The van der Waals surface area contributed by atoms with Gasteiger partial charge >= 0.3 is 0 Å². The van der Waals surface area contributed by atoms with Crippen molar-refractivity contribution in [2.75, 3.05) is 12.3 Å². The summed E-state index contributed by atoms with van der Waals surface area (Å²) in [6.45, 7) is 8.95. The summed E-state index contributed by atoms with van der Waals surface area (Å²) >= 11 is 1.70. The predicted octanol–water partition coefficient (Wildman–Crippen LogP) is 2.95. The number of anilines is 1. The highest BCUT2D eigenvalue weighted by molar-refractivity contribution is 8.00. The summed E-state index contributed by atoms with van der Waals surface area (Å²) < 4.78 is 5.49. The van der Waals surface area contributed by atoms with Crippen LogP contribution in [0, 0.1) is 0 Å². The fourth-order valence-electron chi connectivity index (χ4n) is 1.06. The van der Waals surface area contributed by atoms with E-state index in [1.165, 1.54) is 0 Å². The predicted molar refractivity (Wildman–Crippen MR) is 65.4 cm³/mol. The van der Waals surface area contributed by atoms with Gasteiger partial charge in [-0.25, -0.2) is 4.98 Å². The van der Waals surface area contributed by atoms with Crippen molar-refractivity contribution in [3.05, 3.63) is 12.1 Å². The molecule has 1 aromatic rings. The van der Waals surface area contributed by atoms with Crippen LogP contribution in [0.4, 0.5) is 5.69 Å². The maximum atomic E-state index is 5.74. The first-order chi connectivity index (χ1) is 6.92. The Morgan fingerprint density at radius 2 is 2.07 bits per heavy atom. The number of thioether (sulfide) groups is 1. The van der Waals surface area contributed by atoms with E-state index in [-0.39, 0.29) is 4.75 Å². The van der Waals surface area contributed by atoms with E-state index in [4.69, 9.17) is 10.5 Å². The van der Waals surface area contributed by atoms with E-state index < -0.39 is 0 Å². The van der Waals surface area contributed by atoms with Crippen molar-refractivity contribution < 1.29 is 4.74 Å². The first kappa shape index (κ1) is 12.2. The Kier molecular flexibility index (Phi) is 3.85. The molecule has 4 heteroatoms. The average molecular weight is 226 g/mol. The molecule has 0 saturated heterocycles. The van der Waals surface area contributed by atoms with Gasteiger partial charge in [0.2, 0.25) is 5.88 Å². The Morgan fingerprint density at radius 3 is 2.60 bits per heavy atom. The molecule has 1 rings (SSSR count). The lowest BCUT2D eigenvalue weighted by Crippen LogP contribution is -2.08. The van der Waals surface area contributed by atoms with Gasteiger partial charge in [-0.05, 0) is 19.1 Å². The Labute approximate surface area is 95.4 Å². The van der Waals surface area contributed by atoms with Crippen molar-refractivity contribution >= 4 is 17.4 Å². The summed E-state index contributed by atoms with van der Waals surface area (Å²) in [6, 6.07) is 3.76. The minimum atomic E-state index is 0.145. The van der Waals surface area contributed by atoms with Crippen molar-refractivity contribution in [3.63, 3.8) is 0 Å². The monoisotopic (exact) mass is 226 g/mol. The molecular formula is C11H18N2OS. The highest BCUT2D eigenvalue weighted by atomic mass is 32.2. The van der Waals surface area contributed by atoms with E-state index in [9.17, 15) is 0 Å². The Hall–Kier alpha value is -0.900. The SMILES string of the molecule is CCOc1nc(SC(C)(C)C)ccc1N. The summed E-state index contributed by atoms with van der Waals surface area (Å²) in [5, 5.41) is 0.945. The standard InChI is InChI=1S/C11H18N2OS/c1-5-14-10-8(12)6-7-9(13-10)15-11(2,3)4/h6-7H,5,12H2,1-4H3. The third-order valence-electron chi connectivity index (χ3n) is 1.56. The van der Waals surface area contributed by atoms with Crippen molar-refractivity contribution in [2.45, 2.75) is 37.5 Å². The molecule has 0 spiro atoms. The van der Waals surface area contributed by atoms with Gasteiger partial charge in [-0.3, -0.25) is 0 Å². The fourth-order valence-corrected chi connectivity index (χ4v) is 1.95. The normalized spacial score (nSPS) is 11.5. The molecule has 0 unspecified atom stereocenters. The molecule has 1 aromatic heterocycles. The molecule has 0 aliphatic carbocycles. The Bertz CT molecular complexity index is 334. The zero-order valence-corrected chi connectivity index (χ0v) is 10.5. The Morgan fingerprint density at radius 1 is 1.40 bits per heavy atom. The van der Waals surface area contributed by atoms with Crippen LogP contribution in [0.25, 0.3) is 0 Å². The van der Waals surface area contributed by atoms with Gasteiger partial charge in [0, 0.05) is 4.75 Å². The molecule has 2 N–H and O–H groups in total. The van der Waals surface area contributed by atoms with Crippen LogP contribution in [0.15, 0.2) is 17.2 Å². The molecule has 3 nitrogen and oxygen atoms in total. The molecule has 84 valence electrons. The molecule has 15 heavy (non-hydrogen) atoms. The zero-order chi connectivity index (χ0) is 11.5. The van der Waals surface area contributed by atoms with E-state index in [0.717, 1.165) is 5.03 Å². The number of nitrogen functional groups attached to an aromatic ring is 1. The molecule has 0 amide bonds. The first-order valence-electron chi connectivity index (χ1n) is 5.00. The van der Waals surface area contributed by atoms with Crippen molar-refractivity contribution in [1.82, 2.24) is 4.98 Å². The molecule has 0 aliphatic rings. The van der Waals surface area contributed by atoms with Gasteiger partial charge in [-0.15, -0.1) is 11.8 Å². The number of ether oxygens (including phenoxy) is 1. The number of hydrogen-bond donors (Lipinski definition) is 1. The molecule has 0 aliphatic heterocycles. The number of pyridine rings is 1. The molecule has 0 aromatic carbocycles. The highest BCUT2D eigenvalue weighted by Crippen LogP contribution is 2.32. The van der Waals surface area contributed by atoms with E-state index >= 15 is 0 Å². The van der Waals surface area contributed by atoms with Crippen molar-refractivity contribution in [1.29, 1.82) is 0 Å². The van der Waals surface area contributed by atoms with Gasteiger partial charge in [-0.1, -0.05) is 20.8 Å². The van der Waals surface area contributed by atoms with E-state index in [2.05, 4.69) is 25.8 Å². The van der Waals surface area contributed by atoms with Crippen LogP contribution in [0.1, 0.15) is 27.7 Å². The third-order valence-corrected chi connectivity index (χ3v) is 2.60. The summed E-state index contributed by atoms with van der Waals surface area (Å²) in [4.78, 5) is 4.36. The molecule has 0 saturated carbocycles. The summed E-state index contributed by atoms with van der Waals surface area (Å²) in [7, 11) is 0. The van der Waals surface area contributed by atoms with Crippen molar-refractivity contribution in [2.24, 2.45) is 0 Å². The second-order valence-electron chi connectivity index (χ2n) is 4.19. The smallest absolute Gasteiger partial charge is 0.238 e. The summed E-state index contributed by atoms with van der Waals surface area (Å²) in [6.07, 6.45) is 0. The second-order valence-corrected chi connectivity index (χ2v) is 6.04. The lowest BCUT2D eigenvalue weighted by molar-refractivity contribution is 0.326. The average Bonchev–Trinajstić information content (AvgIpc) is 2.09. The van der Waals surface area contributed by atoms with Crippen molar-refractivity contribution in [3.8, 4) is 5.88 Å². The van der Waals surface area contributed by atoms with Gasteiger partial charge in [0.05, 0.1) is 12.3 Å². The maximum Gasteiger partial charge on any atom is 0.238 e. The van der Waals surface area contributed by atoms with Crippen LogP contribution in [0.3, 0.4) is 0 Å². The number of aromatic nitrogens is 1. The Balaban J connectivity index is 2.87. The summed E-state index contributed by atoms with van der Waals surface area (Å²) in [5.74, 6) is 0.534. The molecule has 0 fully saturated rings. The second kappa shape index (κ2) is 4.75.